The van der Waals surface area contributed by atoms with Crippen molar-refractivity contribution in [2.75, 3.05) is 26.7 Å². The minimum absolute atomic E-state index is 0.0559. The molecule has 0 aliphatic carbocycles. The van der Waals surface area contributed by atoms with E-state index in [4.69, 9.17) is 11.1 Å². The lowest BCUT2D eigenvalue weighted by Crippen LogP contribution is -2.57. The smallest absolute Gasteiger partial charge is 0.245 e. The van der Waals surface area contributed by atoms with E-state index in [-0.39, 0.29) is 51.2 Å². The zero-order valence-electron chi connectivity index (χ0n) is 36.1. The second-order valence-electron chi connectivity index (χ2n) is 15.6. The number of likely N-dealkylation sites (N-methyl/N-ethyl adjacent to an activating group) is 1. The van der Waals surface area contributed by atoms with Crippen LogP contribution in [0.1, 0.15) is 62.1 Å². The van der Waals surface area contributed by atoms with Gasteiger partial charge in [0.05, 0.1) is 12.1 Å². The molecule has 0 saturated carbocycles. The van der Waals surface area contributed by atoms with E-state index in [1.165, 1.54) is 11.8 Å². The zero-order chi connectivity index (χ0) is 45.6. The summed E-state index contributed by atoms with van der Waals surface area (Å²) in [6, 6.07) is 22.4. The largest absolute Gasteiger partial charge is 0.370 e. The molecule has 17 nitrogen and oxygen atoms in total. The van der Waals surface area contributed by atoms with Gasteiger partial charge in [-0.2, -0.15) is 0 Å². The average Bonchev–Trinajstić information content (AvgIpc) is 3.76. The van der Waals surface area contributed by atoms with E-state index < -0.39 is 71.7 Å². The summed E-state index contributed by atoms with van der Waals surface area (Å²) >= 11 is 0. The van der Waals surface area contributed by atoms with Gasteiger partial charge in [-0.25, -0.2) is 0 Å². The second-order valence-corrected chi connectivity index (χ2v) is 15.6. The molecule has 6 amide bonds. The highest BCUT2D eigenvalue weighted by Crippen LogP contribution is 2.18. The highest BCUT2D eigenvalue weighted by atomic mass is 16.2. The van der Waals surface area contributed by atoms with Crippen LogP contribution in [-0.2, 0) is 52.8 Å². The number of amides is 6. The maximum atomic E-state index is 14.1. The SMILES string of the molecule is CN[C@H](Cc1ccccc1)C(=O)NC(Cc1ccccc1)C(=O)NC(CCCNC(=N)N)C(=O)NCCC[C@H](NC(=O)[C@H](Cc1ccccc1)NC(C)=O)C(=O)N1CCCC1C=O. The average molecular weight is 867 g/mol. The molecule has 1 aliphatic heterocycles. The molecule has 0 aromatic heterocycles. The van der Waals surface area contributed by atoms with Crippen molar-refractivity contribution in [2.24, 2.45) is 5.73 Å². The van der Waals surface area contributed by atoms with Gasteiger partial charge in [-0.3, -0.25) is 34.2 Å². The number of benzene rings is 3. The molecule has 6 atom stereocenters. The number of likely N-dealkylation sites (tertiary alicyclic amines) is 1. The number of nitrogens with two attached hydrogens (primary N) is 1. The van der Waals surface area contributed by atoms with E-state index in [0.29, 0.717) is 32.2 Å². The first-order valence-corrected chi connectivity index (χ1v) is 21.5. The van der Waals surface area contributed by atoms with E-state index in [1.807, 2.05) is 91.0 Å². The third kappa shape index (κ3) is 16.6. The van der Waals surface area contributed by atoms with Gasteiger partial charge in [0.2, 0.25) is 35.4 Å². The fraction of sp³-hybridized carbons (Fsp3) is 0.435. The third-order valence-corrected chi connectivity index (χ3v) is 10.8. The van der Waals surface area contributed by atoms with Crippen molar-refractivity contribution in [3.8, 4) is 0 Å². The molecule has 1 heterocycles. The molecule has 4 rings (SSSR count). The summed E-state index contributed by atoms with van der Waals surface area (Å²) in [6.07, 6.45) is 3.38. The molecule has 1 aliphatic rings. The van der Waals surface area contributed by atoms with Crippen molar-refractivity contribution in [3.63, 3.8) is 0 Å². The topological polar surface area (TPSA) is 257 Å². The molecular weight excluding hydrogens is 805 g/mol. The lowest BCUT2D eigenvalue weighted by molar-refractivity contribution is -0.139. The number of nitrogens with one attached hydrogen (secondary N) is 8. The highest BCUT2D eigenvalue weighted by Gasteiger charge is 2.35. The van der Waals surface area contributed by atoms with E-state index >= 15 is 0 Å². The van der Waals surface area contributed by atoms with Crippen molar-refractivity contribution in [2.45, 2.75) is 101 Å². The van der Waals surface area contributed by atoms with Gasteiger partial charge in [-0.05, 0) is 68.7 Å². The number of carbonyl (C=O) groups excluding carboxylic acids is 7. The van der Waals surface area contributed by atoms with Crippen LogP contribution in [0, 0.1) is 5.41 Å². The lowest BCUT2D eigenvalue weighted by atomic mass is 10.0. The number of carbonyl (C=O) groups is 7. The molecule has 0 spiro atoms. The standard InChI is InChI=1S/C46H62N10O7/c1-31(58)52-39(28-33-17-8-4-9-18-33)43(61)54-37(45(63)56-26-14-21-35(56)30-57)23-13-24-50-41(59)36(22-12-25-51-46(47)48)53-44(62)40(29-34-19-10-5-11-20-34)55-42(60)38(49-2)27-32-15-6-3-7-16-32/h3-11,15-20,30,35-40,49H,12-14,21-29H2,1-2H3,(H,50,59)(H,52,58)(H,53,62)(H,54,61)(H,55,60)(H4,47,48,51)/t35?,36?,37-,38+,39-,40?/m0/s1. The number of nitrogens with zero attached hydrogens (tertiary/aromatic N) is 1. The van der Waals surface area contributed by atoms with Crippen LogP contribution < -0.4 is 43.0 Å². The van der Waals surface area contributed by atoms with E-state index in [2.05, 4.69) is 37.2 Å². The molecule has 0 radical (unpaired) electrons. The van der Waals surface area contributed by atoms with Gasteiger partial charge in [0.15, 0.2) is 5.96 Å². The van der Waals surface area contributed by atoms with Crippen LogP contribution in [0.15, 0.2) is 91.0 Å². The molecule has 3 unspecified atom stereocenters. The molecule has 3 aromatic carbocycles. The Hall–Kier alpha value is -6.62. The van der Waals surface area contributed by atoms with E-state index in [1.54, 1.807) is 7.05 Å². The Morgan fingerprint density at radius 1 is 0.651 bits per heavy atom. The van der Waals surface area contributed by atoms with Crippen molar-refractivity contribution in [1.82, 2.24) is 42.1 Å². The predicted octanol–water partition coefficient (Wildman–Crippen LogP) is 0.611. The van der Waals surface area contributed by atoms with Crippen molar-refractivity contribution >= 4 is 47.7 Å². The Morgan fingerprint density at radius 3 is 1.59 bits per heavy atom. The van der Waals surface area contributed by atoms with Crippen LogP contribution in [0.2, 0.25) is 0 Å². The van der Waals surface area contributed by atoms with Gasteiger partial charge in [0.25, 0.3) is 0 Å². The third-order valence-electron chi connectivity index (χ3n) is 10.8. The number of hydrogen-bond acceptors (Lipinski definition) is 9. The number of hydrogen-bond donors (Lipinski definition) is 9. The number of rotatable bonds is 25. The van der Waals surface area contributed by atoms with Gasteiger partial charge in [0, 0.05) is 39.4 Å². The number of aldehydes is 1. The fourth-order valence-electron chi connectivity index (χ4n) is 7.46. The molecule has 63 heavy (non-hydrogen) atoms. The van der Waals surface area contributed by atoms with Crippen LogP contribution >= 0.6 is 0 Å². The molecule has 17 heteroatoms. The van der Waals surface area contributed by atoms with Crippen LogP contribution in [0.4, 0.5) is 0 Å². The Morgan fingerprint density at radius 2 is 1.10 bits per heavy atom. The van der Waals surface area contributed by atoms with Crippen LogP contribution in [-0.4, -0.2) is 116 Å². The van der Waals surface area contributed by atoms with Crippen LogP contribution in [0.5, 0.6) is 0 Å². The molecule has 0 bridgehead atoms. The minimum atomic E-state index is -1.07. The summed E-state index contributed by atoms with van der Waals surface area (Å²) in [4.78, 5) is 94.6. The first-order valence-electron chi connectivity index (χ1n) is 21.5. The summed E-state index contributed by atoms with van der Waals surface area (Å²) < 4.78 is 0. The Bertz CT molecular complexity index is 1970. The summed E-state index contributed by atoms with van der Waals surface area (Å²) in [5.41, 5.74) is 8.00. The highest BCUT2D eigenvalue weighted by molar-refractivity contribution is 5.94. The van der Waals surface area contributed by atoms with Crippen LogP contribution in [0.3, 0.4) is 0 Å². The van der Waals surface area contributed by atoms with Gasteiger partial charge >= 0.3 is 0 Å². The molecule has 1 saturated heterocycles. The first-order chi connectivity index (χ1) is 30.4. The Kier molecular flexibility index (Phi) is 20.2. The second kappa shape index (κ2) is 26.0. The molecule has 338 valence electrons. The number of guanidine groups is 1. The summed E-state index contributed by atoms with van der Waals surface area (Å²) in [7, 11) is 1.67. The molecular formula is C46H62N10O7. The normalized spacial score (nSPS) is 15.7. The molecule has 3 aromatic rings. The van der Waals surface area contributed by atoms with Gasteiger partial charge in [-0.15, -0.1) is 0 Å². The van der Waals surface area contributed by atoms with E-state index in [0.717, 1.165) is 23.0 Å². The van der Waals surface area contributed by atoms with Crippen molar-refractivity contribution in [1.29, 1.82) is 5.41 Å². The van der Waals surface area contributed by atoms with E-state index in [9.17, 15) is 33.6 Å². The Balaban J connectivity index is 1.47. The molecule has 10 N–H and O–H groups in total. The fourth-order valence-corrected chi connectivity index (χ4v) is 7.46. The summed E-state index contributed by atoms with van der Waals surface area (Å²) in [5, 5.41) is 27.3. The lowest BCUT2D eigenvalue weighted by Gasteiger charge is -2.28. The monoisotopic (exact) mass is 866 g/mol. The van der Waals surface area contributed by atoms with Gasteiger partial charge in [-0.1, -0.05) is 91.0 Å². The van der Waals surface area contributed by atoms with Crippen LogP contribution in [0.25, 0.3) is 0 Å². The Labute approximate surface area is 369 Å². The minimum Gasteiger partial charge on any atom is -0.370 e. The van der Waals surface area contributed by atoms with Gasteiger partial charge in [0.1, 0.15) is 30.5 Å². The van der Waals surface area contributed by atoms with Gasteiger partial charge < -0.3 is 52.6 Å². The zero-order valence-corrected chi connectivity index (χ0v) is 36.1. The summed E-state index contributed by atoms with van der Waals surface area (Å²) in [5.74, 6) is -3.16. The summed E-state index contributed by atoms with van der Waals surface area (Å²) in [6.45, 7) is 1.96. The predicted molar refractivity (Wildman–Crippen MR) is 239 cm³/mol. The first kappa shape index (κ1) is 49.0. The van der Waals surface area contributed by atoms with Crippen molar-refractivity contribution < 1.29 is 33.6 Å². The van der Waals surface area contributed by atoms with Crippen molar-refractivity contribution in [3.05, 3.63) is 108 Å². The maximum Gasteiger partial charge on any atom is 0.245 e. The quantitative estimate of drug-likeness (QED) is 0.0248. The molecule has 1 fully saturated rings. The maximum absolute atomic E-state index is 14.1.